The van der Waals surface area contributed by atoms with Gasteiger partial charge in [-0.2, -0.15) is 0 Å². The second kappa shape index (κ2) is 5.65. The van der Waals surface area contributed by atoms with Crippen LogP contribution in [-0.4, -0.2) is 18.5 Å². The Morgan fingerprint density at radius 2 is 1.94 bits per heavy atom. The number of nitrogens with two attached hydrogens (primary N) is 1. The highest BCUT2D eigenvalue weighted by molar-refractivity contribution is 9.10. The van der Waals surface area contributed by atoms with Gasteiger partial charge < -0.3 is 20.3 Å². The SMILES string of the molecule is CC(C)(CO)[C@@H](N)c1cc2c(cc1Br)OCO2.Cl. The zero-order chi connectivity index (χ0) is 12.6. The summed E-state index contributed by atoms with van der Waals surface area (Å²) in [5, 5.41) is 9.36. The first-order chi connectivity index (χ1) is 7.95. The molecule has 1 aromatic carbocycles. The highest BCUT2D eigenvalue weighted by Gasteiger charge is 2.30. The van der Waals surface area contributed by atoms with Crippen LogP contribution in [0.2, 0.25) is 0 Å². The van der Waals surface area contributed by atoms with Crippen molar-refractivity contribution in [3.05, 3.63) is 22.2 Å². The molecule has 0 amide bonds. The Morgan fingerprint density at radius 1 is 1.39 bits per heavy atom. The Kier molecular flexibility index (Phi) is 4.89. The maximum atomic E-state index is 9.36. The van der Waals surface area contributed by atoms with Gasteiger partial charge in [0.15, 0.2) is 11.5 Å². The number of benzene rings is 1. The summed E-state index contributed by atoms with van der Waals surface area (Å²) in [7, 11) is 0. The monoisotopic (exact) mass is 337 g/mol. The molecular weight excluding hydrogens is 321 g/mol. The lowest BCUT2D eigenvalue weighted by molar-refractivity contribution is 0.132. The Morgan fingerprint density at radius 3 is 2.50 bits per heavy atom. The third kappa shape index (κ3) is 2.74. The van der Waals surface area contributed by atoms with Gasteiger partial charge in [0.25, 0.3) is 0 Å². The van der Waals surface area contributed by atoms with Crippen LogP contribution >= 0.6 is 28.3 Å². The Labute approximate surface area is 121 Å². The third-order valence-corrected chi connectivity index (χ3v) is 3.76. The van der Waals surface area contributed by atoms with Gasteiger partial charge in [-0.25, -0.2) is 0 Å². The smallest absolute Gasteiger partial charge is 0.231 e. The number of fused-ring (bicyclic) bond motifs is 1. The van der Waals surface area contributed by atoms with Crippen LogP contribution in [0.5, 0.6) is 11.5 Å². The van der Waals surface area contributed by atoms with Crippen molar-refractivity contribution in [3.8, 4) is 11.5 Å². The molecule has 102 valence electrons. The van der Waals surface area contributed by atoms with E-state index in [-0.39, 0.29) is 31.8 Å². The first kappa shape index (κ1) is 15.6. The van der Waals surface area contributed by atoms with E-state index in [0.29, 0.717) is 5.75 Å². The van der Waals surface area contributed by atoms with Crippen molar-refractivity contribution >= 4 is 28.3 Å². The van der Waals surface area contributed by atoms with Crippen molar-refractivity contribution in [2.24, 2.45) is 11.1 Å². The molecule has 18 heavy (non-hydrogen) atoms. The minimum atomic E-state index is -0.393. The summed E-state index contributed by atoms with van der Waals surface area (Å²) in [6, 6.07) is 3.44. The maximum Gasteiger partial charge on any atom is 0.231 e. The van der Waals surface area contributed by atoms with Gasteiger partial charge in [-0.15, -0.1) is 12.4 Å². The summed E-state index contributed by atoms with van der Waals surface area (Å²) in [5.74, 6) is 1.42. The molecule has 0 aromatic heterocycles. The quantitative estimate of drug-likeness (QED) is 0.889. The minimum absolute atomic E-state index is 0. The van der Waals surface area contributed by atoms with E-state index in [1.54, 1.807) is 0 Å². The molecule has 1 aliphatic heterocycles. The zero-order valence-corrected chi connectivity index (χ0v) is 12.7. The molecule has 0 saturated carbocycles. The van der Waals surface area contributed by atoms with Crippen LogP contribution in [0.1, 0.15) is 25.5 Å². The predicted molar refractivity (Wildman–Crippen MR) is 75.3 cm³/mol. The van der Waals surface area contributed by atoms with Crippen molar-refractivity contribution in [2.45, 2.75) is 19.9 Å². The van der Waals surface area contributed by atoms with E-state index in [0.717, 1.165) is 15.8 Å². The van der Waals surface area contributed by atoms with Crippen molar-refractivity contribution in [2.75, 3.05) is 13.4 Å². The molecule has 1 aromatic rings. The van der Waals surface area contributed by atoms with Gasteiger partial charge in [-0.3, -0.25) is 0 Å². The van der Waals surface area contributed by atoms with Gasteiger partial charge in [0.1, 0.15) is 0 Å². The van der Waals surface area contributed by atoms with Crippen LogP contribution in [-0.2, 0) is 0 Å². The molecule has 0 unspecified atom stereocenters. The number of rotatable bonds is 3. The van der Waals surface area contributed by atoms with Gasteiger partial charge >= 0.3 is 0 Å². The standard InChI is InChI=1S/C12H16BrNO3.ClH/c1-12(2,5-15)11(14)7-3-9-10(4-8(7)13)17-6-16-9;/h3-4,11,15H,5-6,14H2,1-2H3;1H/t11-;/m0./s1. The normalized spacial score (nSPS) is 15.2. The van der Waals surface area contributed by atoms with Crippen LogP contribution < -0.4 is 15.2 Å². The third-order valence-electron chi connectivity index (χ3n) is 3.08. The minimum Gasteiger partial charge on any atom is -0.454 e. The summed E-state index contributed by atoms with van der Waals surface area (Å²) in [6.07, 6.45) is 0. The Bertz CT molecular complexity index is 440. The largest absolute Gasteiger partial charge is 0.454 e. The fraction of sp³-hybridized carbons (Fsp3) is 0.500. The van der Waals surface area contributed by atoms with E-state index >= 15 is 0 Å². The van der Waals surface area contributed by atoms with E-state index < -0.39 is 5.41 Å². The second-order valence-electron chi connectivity index (χ2n) is 4.85. The molecule has 0 fully saturated rings. The molecular formula is C12H17BrClNO3. The van der Waals surface area contributed by atoms with Crippen molar-refractivity contribution < 1.29 is 14.6 Å². The van der Waals surface area contributed by atoms with Crippen LogP contribution in [0.15, 0.2) is 16.6 Å². The van der Waals surface area contributed by atoms with Gasteiger partial charge in [0.2, 0.25) is 6.79 Å². The molecule has 1 heterocycles. The molecule has 6 heteroatoms. The molecule has 0 spiro atoms. The molecule has 0 saturated heterocycles. The summed E-state index contributed by atoms with van der Waals surface area (Å²) >= 11 is 3.47. The molecule has 0 radical (unpaired) electrons. The number of halogens is 2. The molecule has 4 nitrogen and oxygen atoms in total. The number of hydrogen-bond acceptors (Lipinski definition) is 4. The summed E-state index contributed by atoms with van der Waals surface area (Å²) in [4.78, 5) is 0. The van der Waals surface area contributed by atoms with Gasteiger partial charge in [-0.1, -0.05) is 29.8 Å². The predicted octanol–water partition coefficient (Wildman–Crippen LogP) is 2.62. The molecule has 3 N–H and O–H groups in total. The lowest BCUT2D eigenvalue weighted by atomic mass is 9.82. The number of ether oxygens (including phenoxy) is 2. The van der Waals surface area contributed by atoms with Crippen LogP contribution in [0.25, 0.3) is 0 Å². The first-order valence-electron chi connectivity index (χ1n) is 5.41. The van der Waals surface area contributed by atoms with Crippen LogP contribution in [0.4, 0.5) is 0 Å². The molecule has 1 atom stereocenters. The van der Waals surface area contributed by atoms with E-state index in [9.17, 15) is 5.11 Å². The number of aliphatic hydroxyl groups is 1. The van der Waals surface area contributed by atoms with Crippen LogP contribution in [0.3, 0.4) is 0 Å². The lowest BCUT2D eigenvalue weighted by Gasteiger charge is -2.30. The topological polar surface area (TPSA) is 64.7 Å². The Balaban J connectivity index is 0.00000162. The molecule has 0 bridgehead atoms. The first-order valence-corrected chi connectivity index (χ1v) is 6.20. The van der Waals surface area contributed by atoms with Gasteiger partial charge in [0.05, 0.1) is 0 Å². The number of hydrogen-bond donors (Lipinski definition) is 2. The van der Waals surface area contributed by atoms with E-state index in [1.165, 1.54) is 0 Å². The average Bonchev–Trinajstić information content (AvgIpc) is 2.73. The fourth-order valence-corrected chi connectivity index (χ4v) is 2.26. The summed E-state index contributed by atoms with van der Waals surface area (Å²) < 4.78 is 11.5. The van der Waals surface area contributed by atoms with Crippen LogP contribution in [0, 0.1) is 5.41 Å². The van der Waals surface area contributed by atoms with Crippen molar-refractivity contribution in [1.29, 1.82) is 0 Å². The van der Waals surface area contributed by atoms with E-state index in [1.807, 2.05) is 26.0 Å². The molecule has 1 aliphatic rings. The average molecular weight is 339 g/mol. The van der Waals surface area contributed by atoms with Crippen molar-refractivity contribution in [3.63, 3.8) is 0 Å². The van der Waals surface area contributed by atoms with Crippen molar-refractivity contribution in [1.82, 2.24) is 0 Å². The summed E-state index contributed by atoms with van der Waals surface area (Å²) in [5.41, 5.74) is 6.71. The molecule has 2 rings (SSSR count). The number of aliphatic hydroxyl groups excluding tert-OH is 1. The van der Waals surface area contributed by atoms with Gasteiger partial charge in [0, 0.05) is 22.5 Å². The molecule has 0 aliphatic carbocycles. The Hall–Kier alpha value is -0.490. The summed E-state index contributed by atoms with van der Waals surface area (Å²) in [6.45, 7) is 4.11. The second-order valence-corrected chi connectivity index (χ2v) is 5.71. The highest BCUT2D eigenvalue weighted by atomic mass is 79.9. The highest BCUT2D eigenvalue weighted by Crippen LogP contribution is 2.42. The van der Waals surface area contributed by atoms with Gasteiger partial charge in [-0.05, 0) is 17.7 Å². The fourth-order valence-electron chi connectivity index (χ4n) is 1.69. The maximum absolute atomic E-state index is 9.36. The van der Waals surface area contributed by atoms with E-state index in [2.05, 4.69) is 15.9 Å². The van der Waals surface area contributed by atoms with E-state index in [4.69, 9.17) is 15.2 Å². The zero-order valence-electron chi connectivity index (χ0n) is 10.3. The lowest BCUT2D eigenvalue weighted by Crippen LogP contribution is -2.32.